The van der Waals surface area contributed by atoms with E-state index in [4.69, 9.17) is 0 Å². The lowest BCUT2D eigenvalue weighted by atomic mass is 10.1. The van der Waals surface area contributed by atoms with Gasteiger partial charge in [-0.1, -0.05) is 6.92 Å². The van der Waals surface area contributed by atoms with Crippen LogP contribution in [-0.2, 0) is 6.54 Å². The van der Waals surface area contributed by atoms with Crippen molar-refractivity contribution in [2.75, 3.05) is 32.7 Å². The van der Waals surface area contributed by atoms with Crippen molar-refractivity contribution in [2.45, 2.75) is 33.2 Å². The van der Waals surface area contributed by atoms with E-state index in [9.17, 15) is 0 Å². The fourth-order valence-corrected chi connectivity index (χ4v) is 3.39. The van der Waals surface area contributed by atoms with Crippen LogP contribution in [0.2, 0.25) is 0 Å². The highest BCUT2D eigenvalue weighted by atomic mass is 32.1. The molecule has 0 radical (unpaired) electrons. The highest BCUT2D eigenvalue weighted by molar-refractivity contribution is 7.07. The van der Waals surface area contributed by atoms with Gasteiger partial charge in [0.25, 0.3) is 0 Å². The minimum atomic E-state index is 0.751. The molecule has 2 N–H and O–H groups in total. The smallest absolute Gasteiger partial charge is 0.191 e. The van der Waals surface area contributed by atoms with Crippen molar-refractivity contribution in [2.24, 2.45) is 10.9 Å². The van der Waals surface area contributed by atoms with E-state index in [0.29, 0.717) is 0 Å². The van der Waals surface area contributed by atoms with E-state index >= 15 is 0 Å². The molecule has 1 fully saturated rings. The maximum atomic E-state index is 4.66. The van der Waals surface area contributed by atoms with Gasteiger partial charge in [0.1, 0.15) is 0 Å². The van der Waals surface area contributed by atoms with Gasteiger partial charge in [-0.05, 0) is 61.2 Å². The Hall–Kier alpha value is -1.07. The molecule has 0 bridgehead atoms. The summed E-state index contributed by atoms with van der Waals surface area (Å²) in [5, 5.41) is 11.1. The molecule has 2 heterocycles. The average Bonchev–Trinajstić information content (AvgIpc) is 3.14. The molecule has 2 rings (SSSR count). The van der Waals surface area contributed by atoms with Crippen LogP contribution in [0.4, 0.5) is 0 Å². The van der Waals surface area contributed by atoms with E-state index in [0.717, 1.165) is 31.5 Å². The number of guanidine groups is 1. The number of hydrogen-bond acceptors (Lipinski definition) is 3. The van der Waals surface area contributed by atoms with E-state index < -0.39 is 0 Å². The Morgan fingerprint density at radius 3 is 3.05 bits per heavy atom. The van der Waals surface area contributed by atoms with Gasteiger partial charge in [-0.2, -0.15) is 11.3 Å². The van der Waals surface area contributed by atoms with Gasteiger partial charge in [0.2, 0.25) is 0 Å². The van der Waals surface area contributed by atoms with Crippen LogP contribution in [0.3, 0.4) is 0 Å². The summed E-state index contributed by atoms with van der Waals surface area (Å²) in [6.45, 7) is 10.8. The zero-order valence-electron chi connectivity index (χ0n) is 13.3. The fraction of sp³-hybridized carbons (Fsp3) is 0.688. The van der Waals surface area contributed by atoms with Crippen LogP contribution in [0.15, 0.2) is 21.8 Å². The molecule has 0 aromatic carbocycles. The fourth-order valence-electron chi connectivity index (χ4n) is 2.73. The Labute approximate surface area is 132 Å². The van der Waals surface area contributed by atoms with Gasteiger partial charge in [0.15, 0.2) is 5.96 Å². The highest BCUT2D eigenvalue weighted by Gasteiger charge is 2.21. The van der Waals surface area contributed by atoms with Gasteiger partial charge in [-0.25, -0.2) is 4.99 Å². The second kappa shape index (κ2) is 9.05. The van der Waals surface area contributed by atoms with Crippen LogP contribution in [0.1, 0.15) is 32.3 Å². The second-order valence-electron chi connectivity index (χ2n) is 5.66. The summed E-state index contributed by atoms with van der Waals surface area (Å²) in [5.74, 6) is 1.69. The summed E-state index contributed by atoms with van der Waals surface area (Å²) in [6, 6.07) is 2.14. The van der Waals surface area contributed by atoms with E-state index in [2.05, 4.69) is 51.2 Å². The van der Waals surface area contributed by atoms with Crippen molar-refractivity contribution in [1.82, 2.24) is 15.5 Å². The highest BCUT2D eigenvalue weighted by Crippen LogP contribution is 2.15. The van der Waals surface area contributed by atoms with Crippen LogP contribution >= 0.6 is 11.3 Å². The largest absolute Gasteiger partial charge is 0.357 e. The number of aliphatic imine (C=N–C) groups is 1. The summed E-state index contributed by atoms with van der Waals surface area (Å²) in [5.41, 5.74) is 1.28. The predicted octanol–water partition coefficient (Wildman–Crippen LogP) is 2.54. The minimum absolute atomic E-state index is 0.751. The van der Waals surface area contributed by atoms with Gasteiger partial charge >= 0.3 is 0 Å². The van der Waals surface area contributed by atoms with E-state index in [1.165, 1.54) is 38.0 Å². The molecule has 118 valence electrons. The molecule has 1 aliphatic heterocycles. The van der Waals surface area contributed by atoms with Crippen molar-refractivity contribution < 1.29 is 0 Å². The van der Waals surface area contributed by atoms with Crippen molar-refractivity contribution in [3.63, 3.8) is 0 Å². The third-order valence-electron chi connectivity index (χ3n) is 3.81. The number of nitrogens with one attached hydrogen (secondary N) is 2. The second-order valence-corrected chi connectivity index (χ2v) is 6.44. The predicted molar refractivity (Wildman–Crippen MR) is 92.0 cm³/mol. The summed E-state index contributed by atoms with van der Waals surface area (Å²) in [6.07, 6.45) is 2.56. The van der Waals surface area contributed by atoms with Crippen LogP contribution in [0.25, 0.3) is 0 Å². The van der Waals surface area contributed by atoms with Crippen molar-refractivity contribution in [1.29, 1.82) is 0 Å². The maximum absolute atomic E-state index is 4.66. The molecule has 21 heavy (non-hydrogen) atoms. The lowest BCUT2D eigenvalue weighted by Crippen LogP contribution is -2.40. The van der Waals surface area contributed by atoms with Gasteiger partial charge in [0.05, 0.1) is 6.54 Å². The molecule has 0 amide bonds. The molecule has 4 nitrogen and oxygen atoms in total. The molecule has 0 saturated carbocycles. The first-order valence-corrected chi connectivity index (χ1v) is 9.01. The zero-order valence-corrected chi connectivity index (χ0v) is 14.1. The molecule has 1 aliphatic rings. The first kappa shape index (κ1) is 16.3. The Balaban J connectivity index is 1.76. The number of rotatable bonds is 7. The molecule has 1 saturated heterocycles. The Morgan fingerprint density at radius 2 is 2.33 bits per heavy atom. The molecule has 1 atom stereocenters. The summed E-state index contributed by atoms with van der Waals surface area (Å²) < 4.78 is 0. The van der Waals surface area contributed by atoms with Gasteiger partial charge < -0.3 is 15.5 Å². The summed E-state index contributed by atoms with van der Waals surface area (Å²) in [7, 11) is 0. The molecule has 5 heteroatoms. The Kier molecular flexibility index (Phi) is 7.03. The van der Waals surface area contributed by atoms with Crippen LogP contribution in [-0.4, -0.2) is 43.6 Å². The quantitative estimate of drug-likeness (QED) is 0.601. The molecule has 1 aromatic rings. The molecule has 0 aliphatic carbocycles. The van der Waals surface area contributed by atoms with Crippen LogP contribution in [0, 0.1) is 5.92 Å². The third-order valence-corrected chi connectivity index (χ3v) is 4.54. The number of likely N-dealkylation sites (tertiary alicyclic amines) is 1. The van der Waals surface area contributed by atoms with Gasteiger partial charge in [-0.15, -0.1) is 0 Å². The third kappa shape index (κ3) is 5.67. The molecular formula is C16H28N4S. The number of hydrogen-bond donors (Lipinski definition) is 2. The van der Waals surface area contributed by atoms with Crippen LogP contribution < -0.4 is 10.6 Å². The van der Waals surface area contributed by atoms with Crippen LogP contribution in [0.5, 0.6) is 0 Å². The molecule has 0 spiro atoms. The number of thiophene rings is 1. The standard InChI is InChI=1S/C16H28N4S/c1-3-7-20-8-5-14(12-20)10-18-16(17-4-2)19-11-15-6-9-21-13-15/h6,9,13-14H,3-5,7-8,10-12H2,1-2H3,(H2,17,18,19). The Morgan fingerprint density at radius 1 is 1.43 bits per heavy atom. The maximum Gasteiger partial charge on any atom is 0.191 e. The van der Waals surface area contributed by atoms with E-state index in [1.54, 1.807) is 11.3 Å². The molecule has 1 aromatic heterocycles. The van der Waals surface area contributed by atoms with Crippen molar-refractivity contribution >= 4 is 17.3 Å². The van der Waals surface area contributed by atoms with Crippen molar-refractivity contribution in [3.8, 4) is 0 Å². The van der Waals surface area contributed by atoms with Crippen molar-refractivity contribution in [3.05, 3.63) is 22.4 Å². The first-order chi connectivity index (χ1) is 10.3. The zero-order chi connectivity index (χ0) is 14.9. The summed E-state index contributed by atoms with van der Waals surface area (Å²) in [4.78, 5) is 7.23. The molecule has 1 unspecified atom stereocenters. The minimum Gasteiger partial charge on any atom is -0.357 e. The normalized spacial score (nSPS) is 19.9. The summed E-state index contributed by atoms with van der Waals surface area (Å²) >= 11 is 1.73. The topological polar surface area (TPSA) is 39.7 Å². The SMILES string of the molecule is CCCN1CCC(CNC(=NCc2ccsc2)NCC)C1. The lowest BCUT2D eigenvalue weighted by molar-refractivity contribution is 0.324. The van der Waals surface area contributed by atoms with Gasteiger partial charge in [-0.3, -0.25) is 0 Å². The average molecular weight is 308 g/mol. The Bertz CT molecular complexity index is 416. The number of nitrogens with zero attached hydrogens (tertiary/aromatic N) is 2. The lowest BCUT2D eigenvalue weighted by Gasteiger charge is -2.16. The first-order valence-electron chi connectivity index (χ1n) is 8.07. The van der Waals surface area contributed by atoms with Gasteiger partial charge in [0, 0.05) is 19.6 Å². The van der Waals surface area contributed by atoms with E-state index in [1.807, 2.05) is 0 Å². The molecular weight excluding hydrogens is 280 g/mol. The monoisotopic (exact) mass is 308 g/mol. The van der Waals surface area contributed by atoms with E-state index in [-0.39, 0.29) is 0 Å².